The van der Waals surface area contributed by atoms with Crippen LogP contribution < -0.4 is 4.74 Å². The van der Waals surface area contributed by atoms with E-state index < -0.39 is 5.97 Å². The Kier molecular flexibility index (Phi) is 7.24. The maximum atomic E-state index is 12.6. The Morgan fingerprint density at radius 2 is 1.92 bits per heavy atom. The molecule has 2 aromatic rings. The van der Waals surface area contributed by atoms with Crippen molar-refractivity contribution in [1.82, 2.24) is 0 Å². The molecule has 0 amide bonds. The van der Waals surface area contributed by atoms with E-state index in [4.69, 9.17) is 9.47 Å². The van der Waals surface area contributed by atoms with Crippen molar-refractivity contribution in [1.29, 1.82) is 0 Å². The molecule has 138 valence electrons. The first kappa shape index (κ1) is 19.5. The van der Waals surface area contributed by atoms with Gasteiger partial charge in [0.15, 0.2) is 11.5 Å². The lowest BCUT2D eigenvalue weighted by atomic mass is 9.87. The number of methoxy groups -OCH3 is 1. The molecule has 0 heterocycles. The first-order valence-electron chi connectivity index (χ1n) is 8.52. The Labute approximate surface area is 153 Å². The number of benzene rings is 2. The molecule has 0 aliphatic rings. The van der Waals surface area contributed by atoms with Gasteiger partial charge in [-0.2, -0.15) is 0 Å². The summed E-state index contributed by atoms with van der Waals surface area (Å²) in [5.74, 6) is -0.389. The maximum Gasteiger partial charge on any atom is 0.334 e. The number of aliphatic hydroxyl groups excluding tert-OH is 1. The predicted molar refractivity (Wildman–Crippen MR) is 100 cm³/mol. The van der Waals surface area contributed by atoms with Crippen LogP contribution in [0.1, 0.15) is 30.4 Å². The molecule has 1 unspecified atom stereocenters. The monoisotopic (exact) mass is 356 g/mol. The normalized spacial score (nSPS) is 12.5. The van der Waals surface area contributed by atoms with E-state index in [1.807, 2.05) is 30.3 Å². The SMILES string of the molecule is CCOC(=O)C(=Cc1ccc(O)c(OC)c1)C(CCO)c1ccccc1. The van der Waals surface area contributed by atoms with Crippen molar-refractivity contribution in [3.8, 4) is 11.5 Å². The van der Waals surface area contributed by atoms with E-state index in [0.717, 1.165) is 5.56 Å². The highest BCUT2D eigenvalue weighted by Gasteiger charge is 2.23. The fourth-order valence-electron chi connectivity index (χ4n) is 2.80. The number of aromatic hydroxyl groups is 1. The number of rotatable bonds is 8. The van der Waals surface area contributed by atoms with E-state index in [1.165, 1.54) is 13.2 Å². The molecule has 2 aromatic carbocycles. The van der Waals surface area contributed by atoms with Crippen LogP contribution in [0.5, 0.6) is 11.5 Å². The van der Waals surface area contributed by atoms with Gasteiger partial charge >= 0.3 is 5.97 Å². The molecular weight excluding hydrogens is 332 g/mol. The van der Waals surface area contributed by atoms with E-state index in [2.05, 4.69) is 0 Å². The number of hydrogen-bond donors (Lipinski definition) is 2. The second-order valence-electron chi connectivity index (χ2n) is 5.73. The van der Waals surface area contributed by atoms with Crippen LogP contribution >= 0.6 is 0 Å². The molecule has 0 bridgehead atoms. The van der Waals surface area contributed by atoms with Gasteiger partial charge in [0.2, 0.25) is 0 Å². The molecule has 0 aliphatic carbocycles. The Balaban J connectivity index is 2.52. The zero-order chi connectivity index (χ0) is 18.9. The van der Waals surface area contributed by atoms with Gasteiger partial charge in [-0.3, -0.25) is 0 Å². The third-order valence-corrected chi connectivity index (χ3v) is 4.03. The van der Waals surface area contributed by atoms with Crippen LogP contribution in [-0.2, 0) is 9.53 Å². The molecule has 26 heavy (non-hydrogen) atoms. The Bertz CT molecular complexity index is 752. The van der Waals surface area contributed by atoms with Crippen molar-refractivity contribution < 1.29 is 24.5 Å². The van der Waals surface area contributed by atoms with Crippen LogP contribution in [0.2, 0.25) is 0 Å². The van der Waals surface area contributed by atoms with Crippen molar-refractivity contribution in [3.63, 3.8) is 0 Å². The van der Waals surface area contributed by atoms with E-state index in [9.17, 15) is 15.0 Å². The molecule has 1 atom stereocenters. The second-order valence-corrected chi connectivity index (χ2v) is 5.73. The first-order chi connectivity index (χ1) is 12.6. The van der Waals surface area contributed by atoms with Gasteiger partial charge in [-0.1, -0.05) is 36.4 Å². The molecule has 0 saturated carbocycles. The largest absolute Gasteiger partial charge is 0.504 e. The van der Waals surface area contributed by atoms with Crippen LogP contribution in [0.15, 0.2) is 54.1 Å². The molecule has 0 spiro atoms. The number of hydrogen-bond acceptors (Lipinski definition) is 5. The quantitative estimate of drug-likeness (QED) is 0.559. The van der Waals surface area contributed by atoms with Crippen molar-refractivity contribution in [2.24, 2.45) is 0 Å². The lowest BCUT2D eigenvalue weighted by Crippen LogP contribution is -2.16. The molecule has 5 heteroatoms. The van der Waals surface area contributed by atoms with Crippen molar-refractivity contribution in [2.45, 2.75) is 19.3 Å². The van der Waals surface area contributed by atoms with Crippen LogP contribution in [0.4, 0.5) is 0 Å². The number of aliphatic hydroxyl groups is 1. The Morgan fingerprint density at radius 1 is 1.19 bits per heavy atom. The fourth-order valence-corrected chi connectivity index (χ4v) is 2.80. The number of phenolic OH excluding ortho intramolecular Hbond substituents is 1. The van der Waals surface area contributed by atoms with E-state index >= 15 is 0 Å². The van der Waals surface area contributed by atoms with Gasteiger partial charge in [-0.15, -0.1) is 0 Å². The summed E-state index contributed by atoms with van der Waals surface area (Å²) in [7, 11) is 1.47. The minimum absolute atomic E-state index is 0.0253. The number of carbonyl (C=O) groups excluding carboxylic acids is 1. The molecule has 0 aromatic heterocycles. The summed E-state index contributed by atoms with van der Waals surface area (Å²) in [5, 5.41) is 19.3. The molecule has 2 rings (SSSR count). The van der Waals surface area contributed by atoms with Crippen LogP contribution in [0, 0.1) is 0 Å². The molecule has 2 N–H and O–H groups in total. The molecular formula is C21H24O5. The van der Waals surface area contributed by atoms with Gasteiger partial charge in [-0.05, 0) is 42.7 Å². The smallest absolute Gasteiger partial charge is 0.334 e. The van der Waals surface area contributed by atoms with Gasteiger partial charge in [0.05, 0.1) is 13.7 Å². The average Bonchev–Trinajstić information content (AvgIpc) is 2.66. The summed E-state index contributed by atoms with van der Waals surface area (Å²) in [6.45, 7) is 1.95. The average molecular weight is 356 g/mol. The van der Waals surface area contributed by atoms with Crippen molar-refractivity contribution in [2.75, 3.05) is 20.3 Å². The van der Waals surface area contributed by atoms with Gasteiger partial charge in [0.1, 0.15) is 0 Å². The predicted octanol–water partition coefficient (Wildman–Crippen LogP) is 3.51. The highest BCUT2D eigenvalue weighted by molar-refractivity contribution is 5.95. The van der Waals surface area contributed by atoms with E-state index in [1.54, 1.807) is 25.1 Å². The minimum Gasteiger partial charge on any atom is -0.504 e. The number of phenols is 1. The number of carbonyl (C=O) groups is 1. The summed E-state index contributed by atoms with van der Waals surface area (Å²) in [4.78, 5) is 12.6. The summed E-state index contributed by atoms with van der Waals surface area (Å²) in [6.07, 6.45) is 2.11. The maximum absolute atomic E-state index is 12.6. The lowest BCUT2D eigenvalue weighted by molar-refractivity contribution is -0.138. The third-order valence-electron chi connectivity index (χ3n) is 4.03. The van der Waals surface area contributed by atoms with Gasteiger partial charge in [0, 0.05) is 18.1 Å². The third kappa shape index (κ3) is 4.86. The van der Waals surface area contributed by atoms with Gasteiger partial charge in [0.25, 0.3) is 0 Å². The number of esters is 1. The molecule has 0 aliphatic heterocycles. The Morgan fingerprint density at radius 3 is 2.54 bits per heavy atom. The first-order valence-corrected chi connectivity index (χ1v) is 8.52. The zero-order valence-corrected chi connectivity index (χ0v) is 15.0. The van der Waals surface area contributed by atoms with E-state index in [0.29, 0.717) is 23.3 Å². The van der Waals surface area contributed by atoms with E-state index in [-0.39, 0.29) is 24.9 Å². The van der Waals surface area contributed by atoms with Gasteiger partial charge in [-0.25, -0.2) is 4.79 Å². The number of ether oxygens (including phenoxy) is 2. The van der Waals surface area contributed by atoms with Gasteiger partial charge < -0.3 is 19.7 Å². The highest BCUT2D eigenvalue weighted by atomic mass is 16.5. The summed E-state index contributed by atoms with van der Waals surface area (Å²) in [5.41, 5.74) is 2.06. The molecule has 5 nitrogen and oxygen atoms in total. The standard InChI is InChI=1S/C21H24O5/c1-3-26-21(24)18(13-15-9-10-19(23)20(14-15)25-2)17(11-12-22)16-7-5-4-6-8-16/h4-10,13-14,17,22-23H,3,11-12H2,1-2H3. The van der Waals surface area contributed by atoms with Crippen LogP contribution in [0.3, 0.4) is 0 Å². The lowest BCUT2D eigenvalue weighted by Gasteiger charge is -2.19. The molecule has 0 radical (unpaired) electrons. The van der Waals surface area contributed by atoms with Crippen LogP contribution in [-0.4, -0.2) is 36.5 Å². The summed E-state index contributed by atoms with van der Waals surface area (Å²) >= 11 is 0. The second kappa shape index (κ2) is 9.63. The van der Waals surface area contributed by atoms with Crippen LogP contribution in [0.25, 0.3) is 6.08 Å². The molecule has 0 saturated heterocycles. The summed E-state index contributed by atoms with van der Waals surface area (Å²) in [6, 6.07) is 14.4. The van der Waals surface area contributed by atoms with Crippen molar-refractivity contribution >= 4 is 12.0 Å². The Hall–Kier alpha value is -2.79. The van der Waals surface area contributed by atoms with Crippen molar-refractivity contribution in [3.05, 3.63) is 65.2 Å². The topological polar surface area (TPSA) is 76.0 Å². The fraction of sp³-hybridized carbons (Fsp3) is 0.286. The minimum atomic E-state index is -0.429. The summed E-state index contributed by atoms with van der Waals surface area (Å²) < 4.78 is 10.4. The molecule has 0 fully saturated rings. The highest BCUT2D eigenvalue weighted by Crippen LogP contribution is 2.32. The zero-order valence-electron chi connectivity index (χ0n) is 15.0.